The summed E-state index contributed by atoms with van der Waals surface area (Å²) in [5.41, 5.74) is 4.85. The number of nitrogens with zero attached hydrogens (tertiary/aromatic N) is 1. The topological polar surface area (TPSA) is 73.3 Å². The van der Waals surface area contributed by atoms with E-state index in [1.54, 1.807) is 0 Å². The predicted octanol–water partition coefficient (Wildman–Crippen LogP) is 0.405. The highest BCUT2D eigenvalue weighted by atomic mass is 16.3. The molecule has 0 aromatic carbocycles. The number of aliphatic hydroxyl groups is 1. The summed E-state index contributed by atoms with van der Waals surface area (Å²) in [5.74, 6) is 0.319. The van der Waals surface area contributed by atoms with E-state index in [-0.39, 0.29) is 11.8 Å². The van der Waals surface area contributed by atoms with Crippen LogP contribution in [0.4, 0.5) is 0 Å². The van der Waals surface area contributed by atoms with E-state index >= 15 is 0 Å². The number of piperidine rings is 1. The van der Waals surface area contributed by atoms with Crippen LogP contribution in [-0.2, 0) is 0 Å². The lowest BCUT2D eigenvalue weighted by molar-refractivity contribution is -0.0171. The van der Waals surface area contributed by atoms with Gasteiger partial charge in [0.1, 0.15) is 0 Å². The minimum absolute atomic E-state index is 0.0869. The van der Waals surface area contributed by atoms with E-state index in [9.17, 15) is 5.11 Å². The van der Waals surface area contributed by atoms with Crippen molar-refractivity contribution in [1.82, 2.24) is 4.90 Å². The fourth-order valence-electron chi connectivity index (χ4n) is 1.96. The fraction of sp³-hybridized carbons (Fsp3) is 0.900. The number of hydrogen-bond donors (Lipinski definition) is 3. The van der Waals surface area contributed by atoms with Gasteiger partial charge in [-0.15, -0.1) is 0 Å². The first kappa shape index (κ1) is 11.5. The quantitative estimate of drug-likeness (QED) is 0.455. The lowest BCUT2D eigenvalue weighted by Gasteiger charge is -2.37. The van der Waals surface area contributed by atoms with Gasteiger partial charge >= 0.3 is 0 Å². The van der Waals surface area contributed by atoms with Crippen molar-refractivity contribution >= 4 is 5.84 Å². The number of amidine groups is 1. The summed E-state index contributed by atoms with van der Waals surface area (Å²) >= 11 is 0. The van der Waals surface area contributed by atoms with Crippen LogP contribution in [0.2, 0.25) is 0 Å². The lowest BCUT2D eigenvalue weighted by Crippen LogP contribution is -2.48. The third-order valence-electron chi connectivity index (χ3n) is 2.82. The number of nitrogens with one attached hydrogen (secondary N) is 1. The molecular formula is C10H21N3O. The van der Waals surface area contributed by atoms with Gasteiger partial charge < -0.3 is 10.8 Å². The Bertz CT molecular complexity index is 215. The zero-order chi connectivity index (χ0) is 10.8. The fourth-order valence-corrected chi connectivity index (χ4v) is 1.96. The number of hydrogen-bond acceptors (Lipinski definition) is 3. The molecule has 1 saturated heterocycles. The van der Waals surface area contributed by atoms with Crippen molar-refractivity contribution in [2.75, 3.05) is 19.6 Å². The summed E-state index contributed by atoms with van der Waals surface area (Å²) in [6.07, 6.45) is 1.90. The van der Waals surface area contributed by atoms with E-state index < -0.39 is 5.60 Å². The molecule has 0 radical (unpaired) electrons. The second kappa shape index (κ2) is 4.28. The van der Waals surface area contributed by atoms with Gasteiger partial charge in [0.05, 0.1) is 11.4 Å². The van der Waals surface area contributed by atoms with Crippen LogP contribution in [0.1, 0.15) is 26.7 Å². The van der Waals surface area contributed by atoms with E-state index in [2.05, 4.69) is 4.90 Å². The first-order valence-electron chi connectivity index (χ1n) is 5.19. The average Bonchev–Trinajstić information content (AvgIpc) is 2.01. The molecule has 1 aliphatic heterocycles. The Morgan fingerprint density at radius 2 is 2.36 bits per heavy atom. The molecule has 82 valence electrons. The molecule has 4 heteroatoms. The molecule has 1 rings (SSSR count). The zero-order valence-electron chi connectivity index (χ0n) is 9.08. The van der Waals surface area contributed by atoms with Gasteiger partial charge in [-0.05, 0) is 26.3 Å². The maximum absolute atomic E-state index is 9.87. The smallest absolute Gasteiger partial charge is 0.0947 e. The van der Waals surface area contributed by atoms with Crippen LogP contribution in [-0.4, -0.2) is 41.1 Å². The first-order valence-corrected chi connectivity index (χ1v) is 5.19. The summed E-state index contributed by atoms with van der Waals surface area (Å²) in [7, 11) is 0. The molecule has 0 saturated carbocycles. The van der Waals surface area contributed by atoms with Crippen LogP contribution in [0.5, 0.6) is 0 Å². The van der Waals surface area contributed by atoms with E-state index in [0.717, 1.165) is 25.9 Å². The zero-order valence-corrected chi connectivity index (χ0v) is 9.08. The van der Waals surface area contributed by atoms with Crippen molar-refractivity contribution in [2.24, 2.45) is 11.7 Å². The Kier molecular flexibility index (Phi) is 3.50. The van der Waals surface area contributed by atoms with Gasteiger partial charge in [-0.3, -0.25) is 10.3 Å². The van der Waals surface area contributed by atoms with Gasteiger partial charge in [0.15, 0.2) is 0 Å². The van der Waals surface area contributed by atoms with Gasteiger partial charge in [-0.2, -0.15) is 0 Å². The summed E-state index contributed by atoms with van der Waals surface area (Å²) in [5, 5.41) is 17.2. The largest absolute Gasteiger partial charge is 0.389 e. The SMILES string of the molecule is CC(CN1CCCC(C)(O)C1)C(=N)N. The number of rotatable bonds is 3. The van der Waals surface area contributed by atoms with Crippen LogP contribution in [0.15, 0.2) is 0 Å². The van der Waals surface area contributed by atoms with Gasteiger partial charge in [-0.1, -0.05) is 6.92 Å². The van der Waals surface area contributed by atoms with Crippen molar-refractivity contribution < 1.29 is 5.11 Å². The minimum Gasteiger partial charge on any atom is -0.389 e. The van der Waals surface area contributed by atoms with Gasteiger partial charge in [-0.25, -0.2) is 0 Å². The van der Waals surface area contributed by atoms with Gasteiger partial charge in [0.25, 0.3) is 0 Å². The molecule has 0 bridgehead atoms. The molecule has 0 aromatic heterocycles. The normalized spacial score (nSPS) is 31.4. The van der Waals surface area contributed by atoms with Crippen LogP contribution >= 0.6 is 0 Å². The Morgan fingerprint density at radius 3 is 2.86 bits per heavy atom. The molecule has 4 N–H and O–H groups in total. The number of nitrogens with two attached hydrogens (primary N) is 1. The molecule has 1 aliphatic rings. The van der Waals surface area contributed by atoms with Crippen molar-refractivity contribution in [3.05, 3.63) is 0 Å². The maximum Gasteiger partial charge on any atom is 0.0947 e. The molecule has 1 fully saturated rings. The number of β-amino-alcohol motifs (C(OH)–C–C–N with tert-alkyl or cyclic N) is 1. The third kappa shape index (κ3) is 3.27. The van der Waals surface area contributed by atoms with Crippen molar-refractivity contribution in [2.45, 2.75) is 32.3 Å². The molecular weight excluding hydrogens is 178 g/mol. The third-order valence-corrected chi connectivity index (χ3v) is 2.82. The highest BCUT2D eigenvalue weighted by Gasteiger charge is 2.28. The first-order chi connectivity index (χ1) is 6.41. The molecule has 2 unspecified atom stereocenters. The Labute approximate surface area is 85.6 Å². The molecule has 0 aromatic rings. The van der Waals surface area contributed by atoms with Crippen molar-refractivity contribution in [1.29, 1.82) is 5.41 Å². The van der Waals surface area contributed by atoms with Crippen LogP contribution in [0, 0.1) is 11.3 Å². The van der Waals surface area contributed by atoms with E-state index in [1.807, 2.05) is 13.8 Å². The molecule has 14 heavy (non-hydrogen) atoms. The average molecular weight is 199 g/mol. The van der Waals surface area contributed by atoms with E-state index in [1.165, 1.54) is 0 Å². The predicted molar refractivity (Wildman–Crippen MR) is 57.4 cm³/mol. The van der Waals surface area contributed by atoms with E-state index in [4.69, 9.17) is 11.1 Å². The molecule has 0 aliphatic carbocycles. The molecule has 1 heterocycles. The standard InChI is InChI=1S/C10H21N3O/c1-8(9(11)12)6-13-5-3-4-10(2,14)7-13/h8,14H,3-7H2,1-2H3,(H3,11,12). The summed E-state index contributed by atoms with van der Waals surface area (Å²) in [4.78, 5) is 2.19. The monoisotopic (exact) mass is 199 g/mol. The van der Waals surface area contributed by atoms with E-state index in [0.29, 0.717) is 6.54 Å². The second-order valence-corrected chi connectivity index (χ2v) is 4.69. The van der Waals surface area contributed by atoms with Crippen LogP contribution < -0.4 is 5.73 Å². The highest BCUT2D eigenvalue weighted by Crippen LogP contribution is 2.20. The summed E-state index contributed by atoms with van der Waals surface area (Å²) in [6.45, 7) is 6.31. The van der Waals surface area contributed by atoms with Gasteiger partial charge in [0, 0.05) is 19.0 Å². The van der Waals surface area contributed by atoms with Gasteiger partial charge in [0.2, 0.25) is 0 Å². The van der Waals surface area contributed by atoms with Crippen LogP contribution in [0.25, 0.3) is 0 Å². The minimum atomic E-state index is -0.561. The molecule has 0 spiro atoms. The number of likely N-dealkylation sites (tertiary alicyclic amines) is 1. The second-order valence-electron chi connectivity index (χ2n) is 4.69. The maximum atomic E-state index is 9.87. The Hall–Kier alpha value is -0.610. The van der Waals surface area contributed by atoms with Crippen molar-refractivity contribution in [3.8, 4) is 0 Å². The Balaban J connectivity index is 2.42. The summed E-state index contributed by atoms with van der Waals surface area (Å²) < 4.78 is 0. The lowest BCUT2D eigenvalue weighted by atomic mass is 9.94. The van der Waals surface area contributed by atoms with Crippen molar-refractivity contribution in [3.63, 3.8) is 0 Å². The summed E-state index contributed by atoms with van der Waals surface area (Å²) in [6, 6.07) is 0. The molecule has 4 nitrogen and oxygen atoms in total. The molecule has 2 atom stereocenters. The highest BCUT2D eigenvalue weighted by molar-refractivity contribution is 5.79. The Morgan fingerprint density at radius 1 is 1.71 bits per heavy atom. The van der Waals surface area contributed by atoms with Crippen LogP contribution in [0.3, 0.4) is 0 Å². The molecule has 0 amide bonds.